The van der Waals surface area contributed by atoms with Crippen molar-refractivity contribution in [3.63, 3.8) is 0 Å². The maximum atomic E-state index is 11.5. The Morgan fingerprint density at radius 2 is 1.91 bits per heavy atom. The first-order chi connectivity index (χ1) is 11.0. The van der Waals surface area contributed by atoms with Gasteiger partial charge in [0.25, 0.3) is 5.91 Å². The van der Waals surface area contributed by atoms with Crippen LogP contribution < -0.4 is 20.1 Å². The molecule has 0 spiro atoms. The van der Waals surface area contributed by atoms with Gasteiger partial charge in [-0.05, 0) is 23.8 Å². The molecule has 0 aliphatic carbocycles. The third-order valence-corrected chi connectivity index (χ3v) is 2.64. The molecule has 2 N–H and O–H groups in total. The topological polar surface area (TPSA) is 103 Å². The van der Waals surface area contributed by atoms with Gasteiger partial charge in [-0.3, -0.25) is 10.1 Å². The molecule has 0 bridgehead atoms. The van der Waals surface area contributed by atoms with E-state index in [0.29, 0.717) is 17.1 Å². The van der Waals surface area contributed by atoms with Gasteiger partial charge in [0, 0.05) is 13.1 Å². The summed E-state index contributed by atoms with van der Waals surface area (Å²) >= 11 is 0. The normalized spacial score (nSPS) is 10.0. The second-order valence-corrected chi connectivity index (χ2v) is 4.18. The number of amides is 3. The number of carbonyl (C=O) groups is 3. The van der Waals surface area contributed by atoms with Crippen molar-refractivity contribution in [1.29, 1.82) is 0 Å². The number of urea groups is 1. The van der Waals surface area contributed by atoms with Crippen molar-refractivity contribution in [3.05, 3.63) is 29.8 Å². The van der Waals surface area contributed by atoms with E-state index >= 15 is 0 Å². The summed E-state index contributed by atoms with van der Waals surface area (Å²) in [4.78, 5) is 33.5. The van der Waals surface area contributed by atoms with Gasteiger partial charge in [0.2, 0.25) is 0 Å². The number of nitrogens with one attached hydrogen (secondary N) is 2. The number of ether oxygens (including phenoxy) is 3. The molecule has 1 aromatic carbocycles. The minimum Gasteiger partial charge on any atom is -0.493 e. The van der Waals surface area contributed by atoms with Gasteiger partial charge in [0.1, 0.15) is 0 Å². The number of hydrogen-bond acceptors (Lipinski definition) is 6. The molecule has 0 radical (unpaired) electrons. The SMILES string of the molecule is CNC(=O)NC(=O)COc1ccc(C=CC(=O)OC)cc1OC. The van der Waals surface area contributed by atoms with Gasteiger partial charge in [-0.15, -0.1) is 0 Å². The summed E-state index contributed by atoms with van der Waals surface area (Å²) in [5.74, 6) is -0.365. The van der Waals surface area contributed by atoms with Crippen LogP contribution in [0.15, 0.2) is 24.3 Å². The lowest BCUT2D eigenvalue weighted by atomic mass is 10.2. The predicted octanol–water partition coefficient (Wildman–Crippen LogP) is 0.716. The second kappa shape index (κ2) is 9.08. The Labute approximate surface area is 133 Å². The summed E-state index contributed by atoms with van der Waals surface area (Å²) in [7, 11) is 4.13. The number of benzene rings is 1. The van der Waals surface area contributed by atoms with Crippen molar-refractivity contribution in [2.75, 3.05) is 27.9 Å². The van der Waals surface area contributed by atoms with Crippen LogP contribution in [0.4, 0.5) is 4.79 Å². The monoisotopic (exact) mass is 322 g/mol. The molecule has 8 heteroatoms. The third kappa shape index (κ3) is 6.08. The van der Waals surface area contributed by atoms with Gasteiger partial charge in [-0.1, -0.05) is 6.07 Å². The van der Waals surface area contributed by atoms with Gasteiger partial charge in [-0.2, -0.15) is 0 Å². The summed E-state index contributed by atoms with van der Waals surface area (Å²) < 4.78 is 15.0. The summed E-state index contributed by atoms with van der Waals surface area (Å²) in [6.45, 7) is -0.346. The summed E-state index contributed by atoms with van der Waals surface area (Å²) in [6.07, 6.45) is 2.82. The van der Waals surface area contributed by atoms with Crippen LogP contribution in [0.25, 0.3) is 6.08 Å². The van der Waals surface area contributed by atoms with E-state index in [0.717, 1.165) is 0 Å². The van der Waals surface area contributed by atoms with E-state index in [1.165, 1.54) is 27.3 Å². The van der Waals surface area contributed by atoms with Crippen molar-refractivity contribution < 1.29 is 28.6 Å². The molecule has 0 aliphatic rings. The maximum absolute atomic E-state index is 11.5. The molecular weight excluding hydrogens is 304 g/mol. The molecule has 0 aliphatic heterocycles. The third-order valence-electron chi connectivity index (χ3n) is 2.64. The van der Waals surface area contributed by atoms with Gasteiger partial charge < -0.3 is 19.5 Å². The largest absolute Gasteiger partial charge is 0.493 e. The Balaban J connectivity index is 2.73. The van der Waals surface area contributed by atoms with E-state index in [4.69, 9.17) is 9.47 Å². The Morgan fingerprint density at radius 1 is 1.17 bits per heavy atom. The Bertz CT molecular complexity index is 612. The van der Waals surface area contributed by atoms with Crippen LogP contribution >= 0.6 is 0 Å². The lowest BCUT2D eigenvalue weighted by Gasteiger charge is -2.11. The first kappa shape index (κ1) is 18.0. The van der Waals surface area contributed by atoms with Crippen molar-refractivity contribution >= 4 is 24.0 Å². The standard InChI is InChI=1S/C15H18N2O6/c1-16-15(20)17-13(18)9-23-11-6-4-10(8-12(11)21-2)5-7-14(19)22-3/h4-8H,9H2,1-3H3,(H2,16,17,18,20). The summed E-state index contributed by atoms with van der Waals surface area (Å²) in [6, 6.07) is 4.27. The lowest BCUT2D eigenvalue weighted by Crippen LogP contribution is -2.39. The number of carbonyl (C=O) groups excluding carboxylic acids is 3. The average Bonchev–Trinajstić information content (AvgIpc) is 2.57. The molecule has 0 saturated carbocycles. The van der Waals surface area contributed by atoms with Gasteiger partial charge in [0.15, 0.2) is 18.1 Å². The Kier molecular flexibility index (Phi) is 7.12. The molecule has 0 unspecified atom stereocenters. The smallest absolute Gasteiger partial charge is 0.330 e. The van der Waals surface area contributed by atoms with E-state index < -0.39 is 17.9 Å². The summed E-state index contributed by atoms with van der Waals surface area (Å²) in [5.41, 5.74) is 0.689. The van der Waals surface area contributed by atoms with Crippen molar-refractivity contribution in [2.45, 2.75) is 0 Å². The second-order valence-electron chi connectivity index (χ2n) is 4.18. The highest BCUT2D eigenvalue weighted by molar-refractivity contribution is 5.94. The first-order valence-electron chi connectivity index (χ1n) is 6.58. The molecule has 0 aromatic heterocycles. The Hall–Kier alpha value is -3.03. The molecule has 1 rings (SSSR count). The summed E-state index contributed by atoms with van der Waals surface area (Å²) in [5, 5.41) is 4.33. The number of hydrogen-bond donors (Lipinski definition) is 2. The highest BCUT2D eigenvalue weighted by atomic mass is 16.5. The van der Waals surface area contributed by atoms with Gasteiger partial charge in [0.05, 0.1) is 14.2 Å². The van der Waals surface area contributed by atoms with Gasteiger partial charge >= 0.3 is 12.0 Å². The van der Waals surface area contributed by atoms with E-state index in [2.05, 4.69) is 15.4 Å². The van der Waals surface area contributed by atoms with Crippen LogP contribution in [-0.2, 0) is 14.3 Å². The first-order valence-corrected chi connectivity index (χ1v) is 6.58. The fourth-order valence-corrected chi connectivity index (χ4v) is 1.51. The van der Waals surface area contributed by atoms with Crippen molar-refractivity contribution in [3.8, 4) is 11.5 Å². The number of imide groups is 1. The zero-order valence-electron chi connectivity index (χ0n) is 13.0. The van der Waals surface area contributed by atoms with Crippen molar-refractivity contribution in [2.24, 2.45) is 0 Å². The minimum absolute atomic E-state index is 0.328. The molecule has 1 aromatic rings. The number of methoxy groups -OCH3 is 2. The van der Waals surface area contributed by atoms with E-state index in [1.54, 1.807) is 24.3 Å². The molecule has 23 heavy (non-hydrogen) atoms. The van der Waals surface area contributed by atoms with Crippen LogP contribution in [0.2, 0.25) is 0 Å². The highest BCUT2D eigenvalue weighted by Gasteiger charge is 2.10. The number of esters is 1. The van der Waals surface area contributed by atoms with Crippen LogP contribution in [0.3, 0.4) is 0 Å². The zero-order chi connectivity index (χ0) is 17.2. The van der Waals surface area contributed by atoms with Crippen molar-refractivity contribution in [1.82, 2.24) is 10.6 Å². The molecule has 0 saturated heterocycles. The Morgan fingerprint density at radius 3 is 2.52 bits per heavy atom. The molecule has 0 heterocycles. The molecule has 0 atom stereocenters. The number of rotatable bonds is 6. The molecule has 3 amide bonds. The lowest BCUT2D eigenvalue weighted by molar-refractivity contribution is -0.134. The highest BCUT2D eigenvalue weighted by Crippen LogP contribution is 2.28. The van der Waals surface area contributed by atoms with Crippen LogP contribution in [0.5, 0.6) is 11.5 Å². The fourth-order valence-electron chi connectivity index (χ4n) is 1.51. The minimum atomic E-state index is -0.617. The zero-order valence-corrected chi connectivity index (χ0v) is 13.0. The average molecular weight is 322 g/mol. The quantitative estimate of drug-likeness (QED) is 0.591. The molecule has 0 fully saturated rings. The van der Waals surface area contributed by atoms with Crippen LogP contribution in [-0.4, -0.2) is 45.8 Å². The van der Waals surface area contributed by atoms with E-state index in [1.807, 2.05) is 0 Å². The predicted molar refractivity (Wildman–Crippen MR) is 82.1 cm³/mol. The van der Waals surface area contributed by atoms with E-state index in [9.17, 15) is 14.4 Å². The molecular formula is C15H18N2O6. The van der Waals surface area contributed by atoms with E-state index in [-0.39, 0.29) is 6.61 Å². The van der Waals surface area contributed by atoms with Crippen LogP contribution in [0.1, 0.15) is 5.56 Å². The van der Waals surface area contributed by atoms with Crippen LogP contribution in [0, 0.1) is 0 Å². The van der Waals surface area contributed by atoms with Gasteiger partial charge in [-0.25, -0.2) is 9.59 Å². The molecule has 8 nitrogen and oxygen atoms in total. The fraction of sp³-hybridized carbons (Fsp3) is 0.267. The maximum Gasteiger partial charge on any atom is 0.330 e. The molecule has 124 valence electrons.